The Labute approximate surface area is 428 Å². The van der Waals surface area contributed by atoms with Gasteiger partial charge in [-0.1, -0.05) is 11.5 Å². The van der Waals surface area contributed by atoms with E-state index in [2.05, 4.69) is 35.7 Å². The van der Waals surface area contributed by atoms with Gasteiger partial charge in [0.25, 0.3) is 0 Å². The summed E-state index contributed by atoms with van der Waals surface area (Å²) >= 11 is 0. The van der Waals surface area contributed by atoms with Gasteiger partial charge in [0.15, 0.2) is 5.75 Å². The quantitative estimate of drug-likeness (QED) is 0.0729. The molecule has 0 aliphatic carbocycles. The predicted octanol–water partition coefficient (Wildman–Crippen LogP) is -10.0. The third kappa shape index (κ3) is 13.6. The first-order valence-corrected chi connectivity index (χ1v) is 19.3. The van der Waals surface area contributed by atoms with Crippen molar-refractivity contribution in [3.63, 3.8) is 0 Å². The molecule has 1 N–H and O–H groups in total. The summed E-state index contributed by atoms with van der Waals surface area (Å²) in [5, 5.41) is 41.4. The van der Waals surface area contributed by atoms with Crippen molar-refractivity contribution in [3.8, 4) is 17.2 Å². The van der Waals surface area contributed by atoms with E-state index in [1.54, 1.807) is 0 Å². The number of aromatic nitrogens is 2. The zero-order chi connectivity index (χ0) is 39.1. The molecule has 0 bridgehead atoms. The van der Waals surface area contributed by atoms with Crippen molar-refractivity contribution in [2.75, 3.05) is 12.4 Å². The molecule has 0 atom stereocenters. The first-order chi connectivity index (χ1) is 24.6. The first kappa shape index (κ1) is 56.8. The average Bonchev–Trinajstić information content (AvgIpc) is 3.05. The van der Waals surface area contributed by atoms with Gasteiger partial charge in [0, 0.05) is 11.9 Å². The van der Waals surface area contributed by atoms with Gasteiger partial charge in [-0.25, -0.2) is 43.6 Å². The molecule has 0 saturated carbocycles. The van der Waals surface area contributed by atoms with E-state index in [4.69, 9.17) is 4.74 Å². The van der Waals surface area contributed by atoms with Gasteiger partial charge in [-0.2, -0.15) is 10.2 Å². The summed E-state index contributed by atoms with van der Waals surface area (Å²) in [4.78, 5) is 2.49. The predicted molar refractivity (Wildman–Crippen MR) is 168 cm³/mol. The van der Waals surface area contributed by atoms with Crippen LogP contribution in [0.2, 0.25) is 0 Å². The van der Waals surface area contributed by atoms with Gasteiger partial charge in [-0.05, 0) is 65.4 Å². The van der Waals surface area contributed by atoms with Crippen LogP contribution in [0, 0.1) is 0 Å². The number of nitrogens with one attached hydrogen (secondary N) is 1. The second kappa shape index (κ2) is 22.2. The molecule has 0 fully saturated rings. The number of fused-ring (bicyclic) bond motifs is 1. The van der Waals surface area contributed by atoms with Crippen molar-refractivity contribution in [2.45, 2.75) is 19.6 Å². The van der Waals surface area contributed by atoms with Crippen molar-refractivity contribution in [1.82, 2.24) is 9.97 Å². The number of methoxy groups -OCH3 is 1. The molecule has 0 saturated heterocycles. The van der Waals surface area contributed by atoms with Crippen molar-refractivity contribution in [3.05, 3.63) is 67.1 Å². The molecule has 31 heteroatoms. The van der Waals surface area contributed by atoms with Crippen molar-refractivity contribution in [2.24, 2.45) is 20.5 Å². The van der Waals surface area contributed by atoms with E-state index in [-0.39, 0.29) is 164 Å². The van der Waals surface area contributed by atoms with Crippen LogP contribution >= 0.6 is 0 Å². The third-order valence-electron chi connectivity index (χ3n) is 6.73. The molecule has 1 radical (unpaired) electrons. The standard InChI is InChI=1S/C27H21N7O15S4.Cu.4Na/c1-49-27-18(8-15(10-22(27)53(46,47)48)30-23-4-5-28-12-29-23)33-31-14-2-3-17(19(35)9-14)32-34-25-21(52(43,44)45)7-13-6-16(50(37,38)39)11-20(51(40,41)42)24(13)26(25)36;;;;;/h2-12,35-36H,1H3,(H,28,29,30)(H,37,38,39)(H,40,41,42)(H,43,44,45)(H,46,47,48);;;;;/q;+2;4*+1/p-6. The number of nitrogens with zero attached hydrogens (tertiary/aromatic N) is 6. The molecular weight excluding hydrogens is 946 g/mol. The average molecular weight is 961 g/mol. The van der Waals surface area contributed by atoms with Crippen molar-refractivity contribution in [1.29, 1.82) is 0 Å². The van der Waals surface area contributed by atoms with Crippen molar-refractivity contribution >= 4 is 85.5 Å². The molecule has 0 unspecified atom stereocenters. The smallest absolute Gasteiger partial charge is 0.871 e. The fourth-order valence-electron chi connectivity index (χ4n) is 4.53. The van der Waals surface area contributed by atoms with E-state index in [0.717, 1.165) is 31.4 Å². The number of hydrogen-bond donors (Lipinski definition) is 1. The summed E-state index contributed by atoms with van der Waals surface area (Å²) in [6.45, 7) is 0. The minimum Gasteiger partial charge on any atom is -0.871 e. The Morgan fingerprint density at radius 2 is 1.26 bits per heavy atom. The molecule has 0 aliphatic rings. The topological polar surface area (TPSA) is 371 Å². The van der Waals surface area contributed by atoms with Crippen molar-refractivity contribution < 1.29 is 202 Å². The minimum absolute atomic E-state index is 0. The molecule has 5 aromatic rings. The Morgan fingerprint density at radius 1 is 0.655 bits per heavy atom. The van der Waals surface area contributed by atoms with Gasteiger partial charge >= 0.3 is 135 Å². The van der Waals surface area contributed by atoms with Gasteiger partial charge in [-0.3, -0.25) is 0 Å². The molecule has 1 heterocycles. The second-order valence-corrected chi connectivity index (χ2v) is 15.6. The SMILES string of the molecule is COc1c(N=Nc2ccc(N=Nc3c(S(=O)(=O)[O-])cc4cc(S(=O)(=O)[O-])cc(S(=O)(=O)[O-])c4c3[O-])c([O-])c2)cc(Nc2ccncn2)cc1S(=O)(=O)[O-].[Cu+2].[Na+].[Na+].[Na+].[Na+]. The Morgan fingerprint density at radius 3 is 1.78 bits per heavy atom. The summed E-state index contributed by atoms with van der Waals surface area (Å²) in [6.07, 6.45) is 2.56. The molecular formula is C27H15CuN7Na4O15S4. The Kier molecular flexibility index (Phi) is 21.8. The van der Waals surface area contributed by atoms with E-state index in [1.165, 1.54) is 24.7 Å². The monoisotopic (exact) mass is 960 g/mol. The van der Waals surface area contributed by atoms with Crippen LogP contribution in [0.4, 0.5) is 34.3 Å². The third-order valence-corrected chi connectivity index (χ3v) is 10.1. The maximum Gasteiger partial charge on any atom is 2.00 e. The number of ether oxygens (including phenoxy) is 1. The van der Waals surface area contributed by atoms with Crippen LogP contribution in [0.5, 0.6) is 17.2 Å². The molecule has 0 amide bonds. The maximum atomic E-state index is 13.3. The molecule has 5 rings (SSSR count). The van der Waals surface area contributed by atoms with Gasteiger partial charge in [-0.15, -0.1) is 10.2 Å². The van der Waals surface area contributed by atoms with Crippen LogP contribution < -0.4 is 138 Å². The fourth-order valence-corrected chi connectivity index (χ4v) is 7.20. The molecule has 287 valence electrons. The van der Waals surface area contributed by atoms with Gasteiger partial charge in [0.1, 0.15) is 63.2 Å². The maximum absolute atomic E-state index is 13.3. The van der Waals surface area contributed by atoms with Gasteiger partial charge in [0.05, 0.1) is 38.9 Å². The Balaban J connectivity index is 0.00000650. The number of azo groups is 2. The second-order valence-electron chi connectivity index (χ2n) is 10.2. The molecule has 0 spiro atoms. The van der Waals surface area contributed by atoms with Crippen LogP contribution in [0.15, 0.2) is 107 Å². The minimum atomic E-state index is -5.72. The van der Waals surface area contributed by atoms with Gasteiger partial charge in [0.2, 0.25) is 0 Å². The van der Waals surface area contributed by atoms with Gasteiger partial charge < -0.3 is 38.5 Å². The molecule has 22 nitrogen and oxygen atoms in total. The number of benzene rings is 4. The van der Waals surface area contributed by atoms with E-state index >= 15 is 0 Å². The summed E-state index contributed by atoms with van der Waals surface area (Å²) in [5.41, 5.74) is -2.51. The fraction of sp³-hybridized carbons (Fsp3) is 0.0370. The molecule has 4 aromatic carbocycles. The summed E-state index contributed by atoms with van der Waals surface area (Å²) in [6, 6.07) is 7.15. The van der Waals surface area contributed by atoms with E-state index in [9.17, 15) is 62.1 Å². The first-order valence-electron chi connectivity index (χ1n) is 13.6. The zero-order valence-corrected chi connectivity index (χ0v) is 42.3. The van der Waals surface area contributed by atoms with E-state index in [0.29, 0.717) is 12.1 Å². The van der Waals surface area contributed by atoms with Crippen LogP contribution in [0.3, 0.4) is 0 Å². The Bertz CT molecular complexity index is 2850. The summed E-state index contributed by atoms with van der Waals surface area (Å²) in [7, 11) is -21.0. The van der Waals surface area contributed by atoms with Crippen LogP contribution in [-0.4, -0.2) is 69.0 Å². The molecule has 0 aliphatic heterocycles. The normalized spacial score (nSPS) is 11.7. The zero-order valence-electron chi connectivity index (χ0n) is 30.1. The molecule has 58 heavy (non-hydrogen) atoms. The number of hydrogen-bond acceptors (Lipinski definition) is 22. The summed E-state index contributed by atoms with van der Waals surface area (Å²) < 4.78 is 148. The molecule has 1 aromatic heterocycles. The van der Waals surface area contributed by atoms with E-state index in [1.807, 2.05) is 0 Å². The van der Waals surface area contributed by atoms with Crippen LogP contribution in [0.25, 0.3) is 10.8 Å². The van der Waals surface area contributed by atoms with Crippen LogP contribution in [0.1, 0.15) is 0 Å². The van der Waals surface area contributed by atoms with E-state index < -0.39 is 99.5 Å². The summed E-state index contributed by atoms with van der Waals surface area (Å²) in [5.74, 6) is -3.04. The number of anilines is 2. The van der Waals surface area contributed by atoms with Crippen LogP contribution in [-0.2, 0) is 57.5 Å². The largest absolute Gasteiger partial charge is 2.00 e. The Hall–Kier alpha value is -1.22. The number of rotatable bonds is 11.